The summed E-state index contributed by atoms with van der Waals surface area (Å²) in [5.41, 5.74) is 0.573. The van der Waals surface area contributed by atoms with E-state index in [0.29, 0.717) is 10.6 Å². The molecule has 0 bridgehead atoms. The fourth-order valence-corrected chi connectivity index (χ4v) is 1.54. The molecular weight excluding hydrogens is 241 g/mol. The summed E-state index contributed by atoms with van der Waals surface area (Å²) < 4.78 is 4.71. The summed E-state index contributed by atoms with van der Waals surface area (Å²) in [4.78, 5) is 10.8. The Bertz CT molecular complexity index is 384. The van der Waals surface area contributed by atoms with Gasteiger partial charge in [-0.1, -0.05) is 11.6 Å². The molecule has 82 valence electrons. The minimum atomic E-state index is -0.477. The van der Waals surface area contributed by atoms with E-state index in [9.17, 15) is 9.90 Å². The Hall–Kier alpha value is -1.13. The van der Waals surface area contributed by atoms with Crippen molar-refractivity contribution < 1.29 is 14.6 Å². The molecule has 1 atom stereocenters. The zero-order chi connectivity index (χ0) is 10.1. The van der Waals surface area contributed by atoms with Crippen molar-refractivity contribution in [1.29, 1.82) is 0 Å². The summed E-state index contributed by atoms with van der Waals surface area (Å²) in [5, 5.41) is 12.6. The van der Waals surface area contributed by atoms with Gasteiger partial charge in [0, 0.05) is 10.6 Å². The first kappa shape index (κ1) is 11.9. The molecule has 0 aliphatic carbocycles. The Morgan fingerprint density at radius 3 is 2.87 bits per heavy atom. The van der Waals surface area contributed by atoms with Gasteiger partial charge >= 0.3 is 6.09 Å². The Labute approximate surface area is 97.6 Å². The average Bonchev–Trinajstić information content (AvgIpc) is 2.56. The van der Waals surface area contributed by atoms with Gasteiger partial charge in [-0.2, -0.15) is 0 Å². The maximum atomic E-state index is 10.8. The summed E-state index contributed by atoms with van der Waals surface area (Å²) in [6, 6.07) is 4.36. The number of rotatable bonds is 1. The molecule has 1 amide bonds. The van der Waals surface area contributed by atoms with Crippen LogP contribution in [0.4, 0.5) is 4.79 Å². The van der Waals surface area contributed by atoms with Crippen molar-refractivity contribution in [2.24, 2.45) is 0 Å². The van der Waals surface area contributed by atoms with E-state index in [1.54, 1.807) is 12.1 Å². The quantitative estimate of drug-likeness (QED) is 0.803. The first-order chi connectivity index (χ1) is 6.66. The molecule has 1 aliphatic rings. The normalized spacial score (nSPS) is 19.0. The fourth-order valence-electron chi connectivity index (χ4n) is 1.36. The summed E-state index contributed by atoms with van der Waals surface area (Å²) in [6.45, 7) is 0.215. The molecule has 0 unspecified atom stereocenters. The lowest BCUT2D eigenvalue weighted by atomic mass is 10.1. The Kier molecular flexibility index (Phi) is 3.66. The van der Waals surface area contributed by atoms with Crippen LogP contribution < -0.4 is 5.32 Å². The molecule has 4 nitrogen and oxygen atoms in total. The van der Waals surface area contributed by atoms with E-state index >= 15 is 0 Å². The lowest BCUT2D eigenvalue weighted by Crippen LogP contribution is -2.18. The zero-order valence-corrected chi connectivity index (χ0v) is 9.14. The molecule has 0 aromatic heterocycles. The number of cyclic esters (lactones) is 1. The van der Waals surface area contributed by atoms with Gasteiger partial charge in [0.1, 0.15) is 12.4 Å². The molecule has 2 rings (SSSR count). The van der Waals surface area contributed by atoms with Crippen molar-refractivity contribution in [2.45, 2.75) is 6.04 Å². The largest absolute Gasteiger partial charge is 0.508 e. The smallest absolute Gasteiger partial charge is 0.407 e. The number of phenolic OH excluding ortho intramolecular Hbond substituents is 1. The van der Waals surface area contributed by atoms with Crippen LogP contribution in [-0.4, -0.2) is 17.8 Å². The third-order valence-corrected chi connectivity index (χ3v) is 2.27. The van der Waals surface area contributed by atoms with Crippen LogP contribution in [0.15, 0.2) is 18.2 Å². The minimum absolute atomic E-state index is 0. The van der Waals surface area contributed by atoms with E-state index in [4.69, 9.17) is 16.3 Å². The van der Waals surface area contributed by atoms with Gasteiger partial charge in [0.05, 0.1) is 6.04 Å². The number of carbonyl (C=O) groups excluding carboxylic acids is 1. The number of amides is 1. The third kappa shape index (κ3) is 2.46. The minimum Gasteiger partial charge on any atom is -0.508 e. The number of carbonyl (C=O) groups is 1. The Morgan fingerprint density at radius 2 is 2.27 bits per heavy atom. The number of halogens is 2. The second kappa shape index (κ2) is 4.59. The molecule has 1 aromatic carbocycles. The molecule has 2 N–H and O–H groups in total. The Morgan fingerprint density at radius 1 is 1.53 bits per heavy atom. The van der Waals surface area contributed by atoms with E-state index < -0.39 is 6.09 Å². The van der Waals surface area contributed by atoms with E-state index in [-0.39, 0.29) is 30.8 Å². The topological polar surface area (TPSA) is 58.6 Å². The highest BCUT2D eigenvalue weighted by Crippen LogP contribution is 2.29. The molecule has 1 saturated heterocycles. The lowest BCUT2D eigenvalue weighted by molar-refractivity contribution is 0.177. The molecule has 15 heavy (non-hydrogen) atoms. The zero-order valence-electron chi connectivity index (χ0n) is 7.57. The van der Waals surface area contributed by atoms with Crippen molar-refractivity contribution in [3.05, 3.63) is 28.8 Å². The SMILES string of the molecule is Cl.O=C1N[C@@H](c2cc(Cl)ccc2O)CO1. The van der Waals surface area contributed by atoms with Gasteiger partial charge in [0.25, 0.3) is 0 Å². The fraction of sp³-hybridized carbons (Fsp3) is 0.222. The van der Waals surface area contributed by atoms with Crippen LogP contribution in [0.2, 0.25) is 5.02 Å². The van der Waals surface area contributed by atoms with Gasteiger partial charge in [-0.15, -0.1) is 12.4 Å². The lowest BCUT2D eigenvalue weighted by Gasteiger charge is -2.09. The third-order valence-electron chi connectivity index (χ3n) is 2.04. The number of alkyl carbamates (subject to hydrolysis) is 1. The number of hydrogen-bond acceptors (Lipinski definition) is 3. The number of nitrogens with one attached hydrogen (secondary N) is 1. The molecule has 0 spiro atoms. The highest BCUT2D eigenvalue weighted by molar-refractivity contribution is 6.30. The van der Waals surface area contributed by atoms with Crippen LogP contribution in [0, 0.1) is 0 Å². The second-order valence-corrected chi connectivity index (χ2v) is 3.43. The maximum absolute atomic E-state index is 10.8. The molecule has 1 aromatic rings. The number of ether oxygens (including phenoxy) is 1. The Balaban J connectivity index is 0.00000112. The van der Waals surface area contributed by atoms with Crippen LogP contribution in [0.5, 0.6) is 5.75 Å². The number of phenols is 1. The van der Waals surface area contributed by atoms with Crippen LogP contribution in [0.25, 0.3) is 0 Å². The first-order valence-corrected chi connectivity index (χ1v) is 4.46. The molecule has 6 heteroatoms. The van der Waals surface area contributed by atoms with E-state index in [1.807, 2.05) is 0 Å². The number of benzene rings is 1. The van der Waals surface area contributed by atoms with Crippen molar-refractivity contribution in [1.82, 2.24) is 5.32 Å². The van der Waals surface area contributed by atoms with Gasteiger partial charge in [-0.05, 0) is 18.2 Å². The van der Waals surface area contributed by atoms with E-state index in [0.717, 1.165) is 0 Å². The molecule has 0 saturated carbocycles. The second-order valence-electron chi connectivity index (χ2n) is 3.00. The summed E-state index contributed by atoms with van der Waals surface area (Å²) in [7, 11) is 0. The summed E-state index contributed by atoms with van der Waals surface area (Å²) in [6.07, 6.45) is -0.477. The molecule has 1 aliphatic heterocycles. The van der Waals surface area contributed by atoms with E-state index in [2.05, 4.69) is 5.32 Å². The van der Waals surface area contributed by atoms with Crippen molar-refractivity contribution in [3.63, 3.8) is 0 Å². The highest BCUT2D eigenvalue weighted by Gasteiger charge is 2.25. The van der Waals surface area contributed by atoms with Crippen LogP contribution >= 0.6 is 24.0 Å². The average molecular weight is 250 g/mol. The van der Waals surface area contributed by atoms with Crippen molar-refractivity contribution in [2.75, 3.05) is 6.61 Å². The summed E-state index contributed by atoms with van der Waals surface area (Å²) >= 11 is 5.77. The standard InChI is InChI=1S/C9H8ClNO3.ClH/c10-5-1-2-8(12)6(3-5)7-4-14-9(13)11-7;/h1-3,7,12H,4H2,(H,11,13);1H/t7-;/m1./s1. The number of aromatic hydroxyl groups is 1. The van der Waals surface area contributed by atoms with Crippen molar-refractivity contribution >= 4 is 30.1 Å². The van der Waals surface area contributed by atoms with Crippen LogP contribution in [0.3, 0.4) is 0 Å². The number of hydrogen-bond donors (Lipinski definition) is 2. The maximum Gasteiger partial charge on any atom is 0.407 e. The van der Waals surface area contributed by atoms with Gasteiger partial charge in [-0.25, -0.2) is 4.79 Å². The molecule has 1 heterocycles. The van der Waals surface area contributed by atoms with Gasteiger partial charge < -0.3 is 15.2 Å². The van der Waals surface area contributed by atoms with Gasteiger partial charge in [0.2, 0.25) is 0 Å². The van der Waals surface area contributed by atoms with Crippen LogP contribution in [0.1, 0.15) is 11.6 Å². The molecular formula is C9H9Cl2NO3. The van der Waals surface area contributed by atoms with Gasteiger partial charge in [0.15, 0.2) is 0 Å². The monoisotopic (exact) mass is 249 g/mol. The predicted octanol–water partition coefficient (Wildman–Crippen LogP) is 2.25. The first-order valence-electron chi connectivity index (χ1n) is 4.08. The van der Waals surface area contributed by atoms with E-state index in [1.165, 1.54) is 6.07 Å². The summed E-state index contributed by atoms with van der Waals surface area (Å²) in [5.74, 6) is 0.102. The highest BCUT2D eigenvalue weighted by atomic mass is 35.5. The van der Waals surface area contributed by atoms with Gasteiger partial charge in [-0.3, -0.25) is 0 Å². The molecule has 0 radical (unpaired) electrons. The predicted molar refractivity (Wildman–Crippen MR) is 57.6 cm³/mol. The molecule has 1 fully saturated rings. The van der Waals surface area contributed by atoms with Crippen LogP contribution in [-0.2, 0) is 4.74 Å². The van der Waals surface area contributed by atoms with Crippen molar-refractivity contribution in [3.8, 4) is 5.75 Å².